The molecule has 31 heavy (non-hydrogen) atoms. The van der Waals surface area contributed by atoms with E-state index in [1.807, 2.05) is 25.1 Å². The Balaban J connectivity index is 0.00000480. The molecule has 0 aromatic heterocycles. The molecule has 0 atom stereocenters. The van der Waals surface area contributed by atoms with Gasteiger partial charge in [-0.05, 0) is 30.7 Å². The Morgan fingerprint density at radius 2 is 1.81 bits per heavy atom. The number of rotatable bonds is 11. The number of hydrogen-bond acceptors (Lipinski definition) is 5. The molecule has 2 N–H and O–H groups in total. The molecule has 0 heterocycles. The molecule has 2 aromatic carbocycles. The van der Waals surface area contributed by atoms with E-state index in [0.29, 0.717) is 30.6 Å². The van der Waals surface area contributed by atoms with Gasteiger partial charge in [-0.15, -0.1) is 24.0 Å². The van der Waals surface area contributed by atoms with Crippen molar-refractivity contribution in [2.24, 2.45) is 4.99 Å². The van der Waals surface area contributed by atoms with E-state index in [4.69, 9.17) is 9.47 Å². The number of sulfone groups is 1. The number of aryl methyl sites for hydroxylation is 1. The van der Waals surface area contributed by atoms with Crippen molar-refractivity contribution >= 4 is 39.8 Å². The number of benzene rings is 2. The summed E-state index contributed by atoms with van der Waals surface area (Å²) in [6.45, 7) is 4.01. The van der Waals surface area contributed by atoms with E-state index in [0.717, 1.165) is 23.3 Å². The molecule has 172 valence electrons. The minimum Gasteiger partial charge on any atom is -0.493 e. The summed E-state index contributed by atoms with van der Waals surface area (Å²) < 4.78 is 35.7. The topological polar surface area (TPSA) is 89.0 Å². The van der Waals surface area contributed by atoms with Crippen molar-refractivity contribution in [2.75, 3.05) is 39.7 Å². The van der Waals surface area contributed by atoms with Crippen LogP contribution in [0.5, 0.6) is 5.75 Å². The summed E-state index contributed by atoms with van der Waals surface area (Å²) in [6.07, 6.45) is 0.816. The summed E-state index contributed by atoms with van der Waals surface area (Å²) in [4.78, 5) is 4.50. The van der Waals surface area contributed by atoms with Gasteiger partial charge >= 0.3 is 0 Å². The molecule has 7 nitrogen and oxygen atoms in total. The van der Waals surface area contributed by atoms with Crippen LogP contribution in [0, 0.1) is 6.92 Å². The Kier molecular flexibility index (Phi) is 12.5. The lowest BCUT2D eigenvalue weighted by atomic mass is 10.1. The average molecular weight is 561 g/mol. The van der Waals surface area contributed by atoms with E-state index < -0.39 is 9.84 Å². The summed E-state index contributed by atoms with van der Waals surface area (Å²) in [7, 11) is -0.00989. The van der Waals surface area contributed by atoms with Gasteiger partial charge in [0.2, 0.25) is 0 Å². The average Bonchev–Trinajstić information content (AvgIpc) is 2.75. The number of guanidine groups is 1. The second-order valence-corrected chi connectivity index (χ2v) is 8.90. The monoisotopic (exact) mass is 561 g/mol. The molecule has 0 fully saturated rings. The van der Waals surface area contributed by atoms with Gasteiger partial charge in [0, 0.05) is 45.8 Å². The van der Waals surface area contributed by atoms with Gasteiger partial charge in [0.25, 0.3) is 0 Å². The summed E-state index contributed by atoms with van der Waals surface area (Å²) >= 11 is 0. The van der Waals surface area contributed by atoms with Gasteiger partial charge in [0.15, 0.2) is 15.8 Å². The van der Waals surface area contributed by atoms with Gasteiger partial charge in [-0.25, -0.2) is 8.42 Å². The molecular weight excluding hydrogens is 529 g/mol. The summed E-state index contributed by atoms with van der Waals surface area (Å²) in [6, 6.07) is 14.5. The van der Waals surface area contributed by atoms with Gasteiger partial charge in [0.05, 0.1) is 17.3 Å². The summed E-state index contributed by atoms with van der Waals surface area (Å²) in [5.74, 6) is 1.33. The first kappa shape index (κ1) is 27.2. The van der Waals surface area contributed by atoms with Crippen LogP contribution in [0.15, 0.2) is 58.4 Å². The predicted molar refractivity (Wildman–Crippen MR) is 135 cm³/mol. The van der Waals surface area contributed by atoms with Crippen LogP contribution < -0.4 is 15.4 Å². The Morgan fingerprint density at radius 3 is 2.48 bits per heavy atom. The quantitative estimate of drug-likeness (QED) is 0.190. The van der Waals surface area contributed by atoms with Crippen molar-refractivity contribution < 1.29 is 17.9 Å². The fraction of sp³-hybridized carbons (Fsp3) is 0.409. The van der Waals surface area contributed by atoms with E-state index in [1.165, 1.54) is 0 Å². The minimum absolute atomic E-state index is 0. The Bertz CT molecular complexity index is 922. The highest BCUT2D eigenvalue weighted by Gasteiger charge is 2.13. The molecule has 0 saturated heterocycles. The molecule has 9 heteroatoms. The van der Waals surface area contributed by atoms with Crippen molar-refractivity contribution in [3.8, 4) is 5.75 Å². The number of nitrogens with zero attached hydrogens (tertiary/aromatic N) is 1. The number of halogens is 1. The van der Waals surface area contributed by atoms with Crippen molar-refractivity contribution in [3.63, 3.8) is 0 Å². The molecule has 0 spiro atoms. The fourth-order valence-corrected chi connectivity index (χ4v) is 3.95. The van der Waals surface area contributed by atoms with Crippen LogP contribution in [-0.4, -0.2) is 54.0 Å². The SMILES string of the molecule is CN=C(NCCS(=O)(=O)c1ccccc1)NCc1ccc(C)cc1OCCCOC.I. The van der Waals surface area contributed by atoms with Gasteiger partial charge in [-0.3, -0.25) is 4.99 Å². The van der Waals surface area contributed by atoms with E-state index in [1.54, 1.807) is 44.5 Å². The molecule has 2 rings (SSSR count). The lowest BCUT2D eigenvalue weighted by Gasteiger charge is -2.15. The molecule has 0 unspecified atom stereocenters. The third-order valence-electron chi connectivity index (χ3n) is 4.41. The van der Waals surface area contributed by atoms with Crippen LogP contribution in [0.25, 0.3) is 0 Å². The van der Waals surface area contributed by atoms with Crippen LogP contribution in [0.3, 0.4) is 0 Å². The number of nitrogens with one attached hydrogen (secondary N) is 2. The Hall–Kier alpha value is -1.85. The molecule has 0 aliphatic rings. The highest BCUT2D eigenvalue weighted by Crippen LogP contribution is 2.20. The first-order valence-electron chi connectivity index (χ1n) is 9.90. The third kappa shape index (κ3) is 9.44. The van der Waals surface area contributed by atoms with Crippen LogP contribution in [0.1, 0.15) is 17.5 Å². The zero-order chi connectivity index (χ0) is 21.8. The maximum absolute atomic E-state index is 12.4. The van der Waals surface area contributed by atoms with Gasteiger partial charge in [-0.1, -0.05) is 30.3 Å². The Morgan fingerprint density at radius 1 is 1.06 bits per heavy atom. The molecule has 0 saturated carbocycles. The second-order valence-electron chi connectivity index (χ2n) is 6.79. The smallest absolute Gasteiger partial charge is 0.191 e. The molecule has 0 bridgehead atoms. The van der Waals surface area contributed by atoms with E-state index >= 15 is 0 Å². The number of hydrogen-bond donors (Lipinski definition) is 2. The lowest BCUT2D eigenvalue weighted by molar-refractivity contribution is 0.171. The van der Waals surface area contributed by atoms with E-state index in [9.17, 15) is 8.42 Å². The fourth-order valence-electron chi connectivity index (χ4n) is 2.78. The van der Waals surface area contributed by atoms with Crippen molar-refractivity contribution in [3.05, 3.63) is 59.7 Å². The molecule has 2 aromatic rings. The standard InChI is InChI=1S/C22H31N3O4S.HI/c1-18-10-11-19(21(16-18)29-14-7-13-28-3)17-25-22(23-2)24-12-15-30(26,27)20-8-5-4-6-9-20;/h4-6,8-11,16H,7,12-15,17H2,1-3H3,(H2,23,24,25);1H. The van der Waals surface area contributed by atoms with E-state index in [-0.39, 0.29) is 36.3 Å². The first-order chi connectivity index (χ1) is 14.5. The number of ether oxygens (including phenoxy) is 2. The third-order valence-corrected chi connectivity index (χ3v) is 6.14. The Labute approximate surface area is 202 Å². The molecule has 0 aliphatic carbocycles. The highest BCUT2D eigenvalue weighted by molar-refractivity contribution is 14.0. The van der Waals surface area contributed by atoms with Crippen LogP contribution in [-0.2, 0) is 21.1 Å². The number of aliphatic imine (C=N–C) groups is 1. The van der Waals surface area contributed by atoms with Crippen molar-refractivity contribution in [2.45, 2.75) is 24.8 Å². The van der Waals surface area contributed by atoms with Gasteiger partial charge in [0.1, 0.15) is 5.75 Å². The zero-order valence-corrected chi connectivity index (χ0v) is 21.4. The highest BCUT2D eigenvalue weighted by atomic mass is 127. The maximum atomic E-state index is 12.4. The van der Waals surface area contributed by atoms with Crippen molar-refractivity contribution in [1.82, 2.24) is 10.6 Å². The second kappa shape index (κ2) is 14.3. The van der Waals surface area contributed by atoms with Crippen LogP contribution in [0.4, 0.5) is 0 Å². The van der Waals surface area contributed by atoms with Gasteiger partial charge in [-0.2, -0.15) is 0 Å². The molecule has 0 amide bonds. The minimum atomic E-state index is -3.33. The molecule has 0 aliphatic heterocycles. The lowest BCUT2D eigenvalue weighted by Crippen LogP contribution is -2.39. The van der Waals surface area contributed by atoms with Crippen LogP contribution in [0.2, 0.25) is 0 Å². The molecular formula is C22H32IN3O4S. The predicted octanol–water partition coefficient (Wildman–Crippen LogP) is 3.17. The molecule has 0 radical (unpaired) electrons. The normalized spacial score (nSPS) is 11.5. The van der Waals surface area contributed by atoms with Crippen LogP contribution >= 0.6 is 24.0 Å². The summed E-state index contributed by atoms with van der Waals surface area (Å²) in [5, 5.41) is 6.27. The zero-order valence-electron chi connectivity index (χ0n) is 18.3. The largest absolute Gasteiger partial charge is 0.493 e. The first-order valence-corrected chi connectivity index (χ1v) is 11.5. The van der Waals surface area contributed by atoms with E-state index in [2.05, 4.69) is 15.6 Å². The van der Waals surface area contributed by atoms with Gasteiger partial charge < -0.3 is 20.1 Å². The maximum Gasteiger partial charge on any atom is 0.191 e. The summed E-state index contributed by atoms with van der Waals surface area (Å²) in [5.41, 5.74) is 2.12. The van der Waals surface area contributed by atoms with Crippen molar-refractivity contribution in [1.29, 1.82) is 0 Å². The number of methoxy groups -OCH3 is 1.